The second kappa shape index (κ2) is 5.08. The molecule has 5 nitrogen and oxygen atoms in total. The number of nitrogens with one attached hydrogen (secondary N) is 1. The predicted molar refractivity (Wildman–Crippen MR) is 69.1 cm³/mol. The minimum atomic E-state index is 0. The van der Waals surface area contributed by atoms with Crippen molar-refractivity contribution in [2.75, 3.05) is 31.1 Å². The zero-order chi connectivity index (χ0) is 11.0. The Morgan fingerprint density at radius 1 is 1.24 bits per heavy atom. The van der Waals surface area contributed by atoms with Crippen molar-refractivity contribution in [1.82, 2.24) is 15.3 Å². The molecule has 0 atom stereocenters. The fraction of sp³-hybridized carbons (Fsp3) is 0.400. The van der Waals surface area contributed by atoms with Crippen molar-refractivity contribution in [1.29, 1.82) is 0 Å². The van der Waals surface area contributed by atoms with Crippen LogP contribution in [0.25, 0.3) is 11.2 Å². The van der Waals surface area contributed by atoms with Crippen LogP contribution in [0.15, 0.2) is 16.5 Å². The molecule has 3 rings (SSSR count). The van der Waals surface area contributed by atoms with Gasteiger partial charge in [-0.25, -0.2) is 4.98 Å². The molecule has 0 radical (unpaired) electrons. The lowest BCUT2D eigenvalue weighted by molar-refractivity contribution is 0.517. The molecular weight excluding hydrogens is 263 g/mol. The third kappa shape index (κ3) is 2.46. The first kappa shape index (κ1) is 12.4. The first-order chi connectivity index (χ1) is 7.83. The zero-order valence-electron chi connectivity index (χ0n) is 9.02. The number of oxazole rings is 1. The van der Waals surface area contributed by atoms with Crippen LogP contribution in [-0.2, 0) is 0 Å². The second-order valence-electron chi connectivity index (χ2n) is 3.69. The number of anilines is 1. The molecule has 2 aromatic rings. The number of piperazine rings is 1. The first-order valence-corrected chi connectivity index (χ1v) is 5.59. The molecule has 0 bridgehead atoms. The summed E-state index contributed by atoms with van der Waals surface area (Å²) in [5.41, 5.74) is 1.25. The Hall–Kier alpha value is -1.04. The van der Waals surface area contributed by atoms with Gasteiger partial charge in [-0.15, -0.1) is 12.4 Å². The molecule has 1 aliphatic rings. The Morgan fingerprint density at radius 2 is 2.00 bits per heavy atom. The van der Waals surface area contributed by atoms with Gasteiger partial charge in [-0.05, 0) is 12.1 Å². The molecule has 0 amide bonds. The van der Waals surface area contributed by atoms with Gasteiger partial charge in [-0.3, -0.25) is 0 Å². The molecule has 92 valence electrons. The summed E-state index contributed by atoms with van der Waals surface area (Å²) in [4.78, 5) is 10.5. The standard InChI is InChI=1S/C10H11ClN4O.ClH/c11-8-2-1-7-9(13-8)14-10(16-7)15-5-3-12-4-6-15;/h1-2,12H,3-6H2;1H. The lowest BCUT2D eigenvalue weighted by Crippen LogP contribution is -2.43. The van der Waals surface area contributed by atoms with Crippen molar-refractivity contribution in [3.05, 3.63) is 17.3 Å². The Labute approximate surface area is 110 Å². The van der Waals surface area contributed by atoms with Gasteiger partial charge in [0, 0.05) is 26.2 Å². The normalized spacial score (nSPS) is 15.9. The number of aromatic nitrogens is 2. The molecule has 0 spiro atoms. The summed E-state index contributed by atoms with van der Waals surface area (Å²) in [6.07, 6.45) is 0. The molecule has 0 unspecified atom stereocenters. The molecule has 0 aliphatic carbocycles. The van der Waals surface area contributed by atoms with Gasteiger partial charge in [0.15, 0.2) is 5.58 Å². The van der Waals surface area contributed by atoms with Crippen molar-refractivity contribution in [2.24, 2.45) is 0 Å². The SMILES string of the molecule is Cl.Clc1ccc2oc(N3CCNCC3)nc2n1. The molecule has 7 heteroatoms. The summed E-state index contributed by atoms with van der Waals surface area (Å²) in [7, 11) is 0. The molecule has 1 fully saturated rings. The quantitative estimate of drug-likeness (QED) is 0.803. The van der Waals surface area contributed by atoms with E-state index in [0.717, 1.165) is 26.2 Å². The Balaban J connectivity index is 0.00000108. The average Bonchev–Trinajstić information content (AvgIpc) is 2.73. The van der Waals surface area contributed by atoms with Gasteiger partial charge in [0.25, 0.3) is 6.01 Å². The van der Waals surface area contributed by atoms with Crippen molar-refractivity contribution >= 4 is 41.3 Å². The van der Waals surface area contributed by atoms with Gasteiger partial charge in [-0.1, -0.05) is 11.6 Å². The zero-order valence-corrected chi connectivity index (χ0v) is 10.6. The minimum Gasteiger partial charge on any atom is -0.422 e. The fourth-order valence-electron chi connectivity index (χ4n) is 1.78. The largest absolute Gasteiger partial charge is 0.422 e. The molecule has 0 aromatic carbocycles. The van der Waals surface area contributed by atoms with Crippen LogP contribution in [0.2, 0.25) is 5.15 Å². The summed E-state index contributed by atoms with van der Waals surface area (Å²) >= 11 is 5.80. The highest BCUT2D eigenvalue weighted by molar-refractivity contribution is 6.29. The smallest absolute Gasteiger partial charge is 0.300 e. The number of hydrogen-bond donors (Lipinski definition) is 1. The van der Waals surface area contributed by atoms with Crippen LogP contribution in [0.4, 0.5) is 6.01 Å². The van der Waals surface area contributed by atoms with E-state index in [1.807, 2.05) is 0 Å². The van der Waals surface area contributed by atoms with E-state index in [9.17, 15) is 0 Å². The minimum absolute atomic E-state index is 0. The van der Waals surface area contributed by atoms with Crippen molar-refractivity contribution in [2.45, 2.75) is 0 Å². The van der Waals surface area contributed by atoms with Gasteiger partial charge in [0.1, 0.15) is 5.15 Å². The molecule has 2 aromatic heterocycles. The second-order valence-corrected chi connectivity index (χ2v) is 4.08. The number of fused-ring (bicyclic) bond motifs is 1. The van der Waals surface area contributed by atoms with Crippen LogP contribution in [0.1, 0.15) is 0 Å². The third-order valence-electron chi connectivity index (χ3n) is 2.60. The van der Waals surface area contributed by atoms with E-state index < -0.39 is 0 Å². The summed E-state index contributed by atoms with van der Waals surface area (Å²) in [6.45, 7) is 3.71. The average molecular weight is 275 g/mol. The van der Waals surface area contributed by atoms with Crippen LogP contribution in [-0.4, -0.2) is 36.1 Å². The van der Waals surface area contributed by atoms with Crippen molar-refractivity contribution < 1.29 is 4.42 Å². The van der Waals surface area contributed by atoms with Crippen LogP contribution in [0.3, 0.4) is 0 Å². The topological polar surface area (TPSA) is 54.2 Å². The Kier molecular flexibility index (Phi) is 3.71. The maximum atomic E-state index is 5.80. The molecule has 3 heterocycles. The van der Waals surface area contributed by atoms with Gasteiger partial charge in [0.05, 0.1) is 0 Å². The van der Waals surface area contributed by atoms with Crippen LogP contribution < -0.4 is 10.2 Å². The number of pyridine rings is 1. The maximum absolute atomic E-state index is 5.80. The van der Waals surface area contributed by atoms with E-state index in [1.54, 1.807) is 12.1 Å². The third-order valence-corrected chi connectivity index (χ3v) is 2.81. The number of hydrogen-bond acceptors (Lipinski definition) is 5. The molecular formula is C10H12Cl2N4O. The van der Waals surface area contributed by atoms with Crippen LogP contribution in [0.5, 0.6) is 0 Å². The summed E-state index contributed by atoms with van der Waals surface area (Å²) in [6, 6.07) is 4.13. The highest BCUT2D eigenvalue weighted by atomic mass is 35.5. The summed E-state index contributed by atoms with van der Waals surface area (Å²) in [5, 5.41) is 3.72. The van der Waals surface area contributed by atoms with E-state index in [0.29, 0.717) is 22.4 Å². The fourth-order valence-corrected chi connectivity index (χ4v) is 1.92. The Bertz CT molecular complexity index is 510. The molecule has 1 aliphatic heterocycles. The lowest BCUT2D eigenvalue weighted by Gasteiger charge is -2.25. The van der Waals surface area contributed by atoms with Gasteiger partial charge in [0.2, 0.25) is 5.65 Å². The maximum Gasteiger partial charge on any atom is 0.300 e. The van der Waals surface area contributed by atoms with Crippen molar-refractivity contribution in [3.63, 3.8) is 0 Å². The van der Waals surface area contributed by atoms with Gasteiger partial charge >= 0.3 is 0 Å². The van der Waals surface area contributed by atoms with E-state index >= 15 is 0 Å². The van der Waals surface area contributed by atoms with E-state index in [-0.39, 0.29) is 12.4 Å². The number of nitrogens with zero attached hydrogens (tertiary/aromatic N) is 3. The first-order valence-electron chi connectivity index (χ1n) is 5.22. The van der Waals surface area contributed by atoms with Crippen LogP contribution in [0, 0.1) is 0 Å². The molecule has 0 saturated carbocycles. The summed E-state index contributed by atoms with van der Waals surface area (Å²) in [5.74, 6) is 0. The van der Waals surface area contributed by atoms with E-state index in [4.69, 9.17) is 16.0 Å². The highest BCUT2D eigenvalue weighted by Gasteiger charge is 2.16. The predicted octanol–water partition coefficient (Wildman–Crippen LogP) is 1.71. The molecule has 17 heavy (non-hydrogen) atoms. The van der Waals surface area contributed by atoms with Gasteiger partial charge in [-0.2, -0.15) is 4.98 Å². The van der Waals surface area contributed by atoms with Crippen molar-refractivity contribution in [3.8, 4) is 0 Å². The van der Waals surface area contributed by atoms with Gasteiger partial charge < -0.3 is 14.6 Å². The number of halogens is 2. The molecule has 1 N–H and O–H groups in total. The Morgan fingerprint density at radius 3 is 2.76 bits per heavy atom. The lowest BCUT2D eigenvalue weighted by atomic mass is 10.4. The highest BCUT2D eigenvalue weighted by Crippen LogP contribution is 2.22. The monoisotopic (exact) mass is 274 g/mol. The number of rotatable bonds is 1. The molecule has 1 saturated heterocycles. The van der Waals surface area contributed by atoms with E-state index in [2.05, 4.69) is 20.2 Å². The van der Waals surface area contributed by atoms with Crippen LogP contribution >= 0.6 is 24.0 Å². The summed E-state index contributed by atoms with van der Waals surface area (Å²) < 4.78 is 5.63. The van der Waals surface area contributed by atoms with E-state index in [1.165, 1.54) is 0 Å².